The van der Waals surface area contributed by atoms with Gasteiger partial charge in [0.15, 0.2) is 0 Å². The van der Waals surface area contributed by atoms with Gasteiger partial charge in [0.2, 0.25) is 0 Å². The van der Waals surface area contributed by atoms with Crippen molar-refractivity contribution >= 4 is 11.9 Å². The zero-order chi connectivity index (χ0) is 21.9. The van der Waals surface area contributed by atoms with Gasteiger partial charge in [-0.15, -0.1) is 0 Å². The topological polar surface area (TPSA) is 121 Å². The first-order valence-corrected chi connectivity index (χ1v) is 9.47. The molecule has 0 aliphatic heterocycles. The Labute approximate surface area is 165 Å². The van der Waals surface area contributed by atoms with Crippen LogP contribution in [-0.2, 0) is 9.59 Å². The summed E-state index contributed by atoms with van der Waals surface area (Å²) in [6.07, 6.45) is 3.95. The number of rotatable bonds is 12. The molecule has 0 aliphatic carbocycles. The molecular formula is C19H42N2O6. The number of aliphatic hydroxyl groups is 2. The van der Waals surface area contributed by atoms with Crippen molar-refractivity contribution in [3.63, 3.8) is 0 Å². The predicted molar refractivity (Wildman–Crippen MR) is 102 cm³/mol. The minimum Gasteiger partial charge on any atom is -0.550 e. The average molecular weight is 395 g/mol. The van der Waals surface area contributed by atoms with Crippen LogP contribution in [0.25, 0.3) is 0 Å². The number of nitrogens with zero attached hydrogens (tertiary/aromatic N) is 2. The highest BCUT2D eigenvalue weighted by Gasteiger charge is 2.02. The number of hydrogen-bond donors (Lipinski definition) is 2. The largest absolute Gasteiger partial charge is 0.550 e. The normalized spacial score (nSPS) is 11.0. The van der Waals surface area contributed by atoms with E-state index in [1.807, 2.05) is 0 Å². The van der Waals surface area contributed by atoms with Gasteiger partial charge in [-0.2, -0.15) is 0 Å². The molecule has 2 N–H and O–H groups in total. The molecule has 0 heterocycles. The lowest BCUT2D eigenvalue weighted by molar-refractivity contribution is -0.870. The third kappa shape index (κ3) is 45.7. The van der Waals surface area contributed by atoms with E-state index in [9.17, 15) is 19.8 Å². The molecule has 0 radical (unpaired) electrons. The SMILES string of the molecule is C[N+](C)(C)CCO.C[N+](C)(C)CCO.O=C([O-])CCCCCCCC(=O)[O-]. The Hall–Kier alpha value is -1.22. The molecule has 164 valence electrons. The van der Waals surface area contributed by atoms with Crippen LogP contribution in [0.2, 0.25) is 0 Å². The molecule has 0 rings (SSSR count). The number of carboxylic acid groups (broad SMARTS) is 2. The number of hydrogen-bond acceptors (Lipinski definition) is 6. The van der Waals surface area contributed by atoms with Gasteiger partial charge in [-0.3, -0.25) is 0 Å². The lowest BCUT2D eigenvalue weighted by Gasteiger charge is -2.21. The van der Waals surface area contributed by atoms with Crippen molar-refractivity contribution in [2.75, 3.05) is 68.6 Å². The molecule has 0 aromatic heterocycles. The van der Waals surface area contributed by atoms with Gasteiger partial charge in [0, 0.05) is 11.9 Å². The number of aliphatic carboxylic acids is 2. The lowest BCUT2D eigenvalue weighted by Crippen LogP contribution is -2.36. The van der Waals surface area contributed by atoms with E-state index >= 15 is 0 Å². The second-order valence-corrected chi connectivity index (χ2v) is 8.49. The van der Waals surface area contributed by atoms with Gasteiger partial charge < -0.3 is 39.0 Å². The van der Waals surface area contributed by atoms with Gasteiger partial charge in [0.05, 0.1) is 55.5 Å². The first-order valence-electron chi connectivity index (χ1n) is 9.47. The van der Waals surface area contributed by atoms with Gasteiger partial charge in [-0.25, -0.2) is 0 Å². The monoisotopic (exact) mass is 394 g/mol. The molecule has 8 nitrogen and oxygen atoms in total. The molecule has 0 saturated carbocycles. The maximum Gasteiger partial charge on any atom is 0.101 e. The number of carbonyl (C=O) groups is 2. The van der Waals surface area contributed by atoms with E-state index < -0.39 is 11.9 Å². The molecule has 8 heteroatoms. The van der Waals surface area contributed by atoms with Crippen molar-refractivity contribution in [3.8, 4) is 0 Å². The van der Waals surface area contributed by atoms with Crippen LogP contribution >= 0.6 is 0 Å². The number of aliphatic hydroxyl groups excluding tert-OH is 2. The van der Waals surface area contributed by atoms with Crippen LogP contribution in [0, 0.1) is 0 Å². The molecule has 0 fully saturated rings. The summed E-state index contributed by atoms with van der Waals surface area (Å²) >= 11 is 0. The molecule has 0 amide bonds. The molecule has 0 bridgehead atoms. The van der Waals surface area contributed by atoms with Crippen LogP contribution in [0.3, 0.4) is 0 Å². The fraction of sp³-hybridized carbons (Fsp3) is 0.895. The molecule has 0 aliphatic rings. The second-order valence-electron chi connectivity index (χ2n) is 8.49. The van der Waals surface area contributed by atoms with Crippen molar-refractivity contribution < 1.29 is 39.0 Å². The van der Waals surface area contributed by atoms with E-state index in [1.165, 1.54) is 0 Å². The number of quaternary nitrogens is 2. The van der Waals surface area contributed by atoms with E-state index in [2.05, 4.69) is 42.3 Å². The molecule has 0 saturated heterocycles. The Kier molecular flexibility index (Phi) is 20.5. The fourth-order valence-electron chi connectivity index (χ4n) is 1.67. The van der Waals surface area contributed by atoms with E-state index in [0.29, 0.717) is 12.8 Å². The maximum atomic E-state index is 9.98. The molecule has 0 aromatic carbocycles. The summed E-state index contributed by atoms with van der Waals surface area (Å²) in [5.74, 6) is -2.04. The number of likely N-dealkylation sites (N-methyl/N-ethyl adjacent to an activating group) is 2. The zero-order valence-electron chi connectivity index (χ0n) is 18.2. The Balaban J connectivity index is -0.000000350. The quantitative estimate of drug-likeness (QED) is 0.310. The van der Waals surface area contributed by atoms with E-state index in [0.717, 1.165) is 41.3 Å². The summed E-state index contributed by atoms with van der Waals surface area (Å²) in [7, 11) is 12.3. The molecule has 0 aromatic rings. The summed E-state index contributed by atoms with van der Waals surface area (Å²) in [5.41, 5.74) is 0. The summed E-state index contributed by atoms with van der Waals surface area (Å²) in [5, 5.41) is 36.7. The van der Waals surface area contributed by atoms with Crippen LogP contribution in [0.1, 0.15) is 44.9 Å². The number of carbonyl (C=O) groups excluding carboxylic acids is 2. The van der Waals surface area contributed by atoms with Crippen LogP contribution in [0.5, 0.6) is 0 Å². The Morgan fingerprint density at radius 2 is 0.889 bits per heavy atom. The lowest BCUT2D eigenvalue weighted by atomic mass is 10.1. The van der Waals surface area contributed by atoms with E-state index in [4.69, 9.17) is 10.2 Å². The van der Waals surface area contributed by atoms with Gasteiger partial charge in [0.1, 0.15) is 13.1 Å². The van der Waals surface area contributed by atoms with Crippen molar-refractivity contribution in [2.45, 2.75) is 44.9 Å². The summed E-state index contributed by atoms with van der Waals surface area (Å²) < 4.78 is 1.69. The molecule has 0 spiro atoms. The maximum absolute atomic E-state index is 9.98. The Bertz CT molecular complexity index is 328. The number of unbranched alkanes of at least 4 members (excludes halogenated alkanes) is 4. The summed E-state index contributed by atoms with van der Waals surface area (Å²) in [4.78, 5) is 20.0. The Morgan fingerprint density at radius 1 is 0.630 bits per heavy atom. The fourth-order valence-corrected chi connectivity index (χ4v) is 1.67. The first kappa shape index (κ1) is 30.5. The van der Waals surface area contributed by atoms with Crippen LogP contribution in [0.4, 0.5) is 0 Å². The minimum atomic E-state index is -1.02. The van der Waals surface area contributed by atoms with Gasteiger partial charge in [0.25, 0.3) is 0 Å². The van der Waals surface area contributed by atoms with Gasteiger partial charge in [-0.05, 0) is 25.7 Å². The molecule has 27 heavy (non-hydrogen) atoms. The number of carboxylic acids is 2. The van der Waals surface area contributed by atoms with Crippen molar-refractivity contribution in [1.82, 2.24) is 0 Å². The van der Waals surface area contributed by atoms with Crippen molar-refractivity contribution in [2.24, 2.45) is 0 Å². The summed E-state index contributed by atoms with van der Waals surface area (Å²) in [6.45, 7) is 2.23. The second kappa shape index (κ2) is 18.2. The summed E-state index contributed by atoms with van der Waals surface area (Å²) in [6, 6.07) is 0. The average Bonchev–Trinajstić information content (AvgIpc) is 2.44. The van der Waals surface area contributed by atoms with Crippen molar-refractivity contribution in [1.29, 1.82) is 0 Å². The predicted octanol–water partition coefficient (Wildman–Crippen LogP) is -1.41. The minimum absolute atomic E-state index is 0.0977. The highest BCUT2D eigenvalue weighted by Crippen LogP contribution is 2.06. The highest BCUT2D eigenvalue weighted by atomic mass is 16.4. The van der Waals surface area contributed by atoms with Gasteiger partial charge in [-0.1, -0.05) is 19.3 Å². The Morgan fingerprint density at radius 3 is 1.04 bits per heavy atom. The smallest absolute Gasteiger partial charge is 0.101 e. The van der Waals surface area contributed by atoms with E-state index in [-0.39, 0.29) is 26.1 Å². The van der Waals surface area contributed by atoms with Crippen LogP contribution in [0.15, 0.2) is 0 Å². The third-order valence-electron chi connectivity index (χ3n) is 3.30. The molecular weight excluding hydrogens is 352 g/mol. The first-order chi connectivity index (χ1) is 12.2. The zero-order valence-corrected chi connectivity index (χ0v) is 18.2. The molecule has 0 atom stereocenters. The standard InChI is InChI=1S/C9H16O4.2C5H14NO/c10-8(11)6-4-2-1-3-5-7-9(12)13;2*1-6(2,3)4-5-7/h1-7H2,(H,10,11)(H,12,13);2*7H,4-5H2,1-3H3/q;2*+1/p-2. The third-order valence-corrected chi connectivity index (χ3v) is 3.30. The van der Waals surface area contributed by atoms with Gasteiger partial charge >= 0.3 is 0 Å². The highest BCUT2D eigenvalue weighted by molar-refractivity contribution is 5.64. The van der Waals surface area contributed by atoms with Crippen molar-refractivity contribution in [3.05, 3.63) is 0 Å². The van der Waals surface area contributed by atoms with Crippen LogP contribution < -0.4 is 10.2 Å². The van der Waals surface area contributed by atoms with Crippen LogP contribution in [-0.4, -0.2) is 99.7 Å². The van der Waals surface area contributed by atoms with E-state index in [1.54, 1.807) is 0 Å². The molecule has 0 unspecified atom stereocenters.